The van der Waals surface area contributed by atoms with Crippen LogP contribution in [0.25, 0.3) is 38.7 Å². The van der Waals surface area contributed by atoms with Crippen LogP contribution in [0.15, 0.2) is 73.3 Å². The van der Waals surface area contributed by atoms with Crippen LogP contribution in [0.4, 0.5) is 15.8 Å². The van der Waals surface area contributed by atoms with Crippen molar-refractivity contribution >= 4 is 40.2 Å². The lowest BCUT2D eigenvalue weighted by molar-refractivity contribution is -0.118. The molecule has 6 N–H and O–H groups in total. The lowest BCUT2D eigenvalue weighted by Crippen LogP contribution is -2.42. The first kappa shape index (κ1) is 43.6. The topological polar surface area (TPSA) is 255 Å². The molecular formula is C43H43FN13O5+. The number of carbonyl (C=O) groups excluding carboxylic acids is 3. The Morgan fingerprint density at radius 2 is 1.44 bits per heavy atom. The number of pyridine rings is 2. The molecule has 19 heteroatoms. The molecule has 0 unspecified atom stereocenters. The summed E-state index contributed by atoms with van der Waals surface area (Å²) in [5.74, 6) is -2.04. The molecule has 3 atom stereocenters. The zero-order chi connectivity index (χ0) is 44.9. The molecule has 6 rings (SSSR count). The van der Waals surface area contributed by atoms with Crippen molar-refractivity contribution in [1.29, 1.82) is 10.5 Å². The van der Waals surface area contributed by atoms with E-state index >= 15 is 0 Å². The first-order chi connectivity index (χ1) is 29.4. The third-order valence-electron chi connectivity index (χ3n) is 9.54. The number of halogens is 1. The Labute approximate surface area is 355 Å². The van der Waals surface area contributed by atoms with Crippen molar-refractivity contribution in [2.75, 3.05) is 23.7 Å². The number of hydrogen-bond donors (Lipinski definition) is 5. The van der Waals surface area contributed by atoms with E-state index in [1.165, 1.54) is 45.6 Å². The number of rotatable bonds is 14. The number of aromatic nitrogens is 6. The number of nitrogens with zero attached hydrogens (tertiary/aromatic N) is 9. The molecule has 0 fully saturated rings. The maximum absolute atomic E-state index is 14.4. The number of aliphatic hydroxyl groups is 1. The van der Waals surface area contributed by atoms with E-state index in [4.69, 9.17) is 10.5 Å². The van der Waals surface area contributed by atoms with Crippen LogP contribution in [0.2, 0.25) is 0 Å². The van der Waals surface area contributed by atoms with E-state index in [2.05, 4.69) is 59.2 Å². The summed E-state index contributed by atoms with van der Waals surface area (Å²) in [6.45, 7) is 8.72. The summed E-state index contributed by atoms with van der Waals surface area (Å²) in [6, 6.07) is 19.4. The number of esters is 1. The van der Waals surface area contributed by atoms with Crippen molar-refractivity contribution < 1.29 is 28.6 Å². The molecule has 0 bridgehead atoms. The van der Waals surface area contributed by atoms with Crippen LogP contribution in [-0.2, 0) is 9.53 Å². The number of fused-ring (bicyclic) bond motifs is 2. The van der Waals surface area contributed by atoms with Crippen molar-refractivity contribution in [3.05, 3.63) is 100 Å². The number of hydrogen-bond acceptors (Lipinski definition) is 13. The lowest BCUT2D eigenvalue weighted by Gasteiger charge is -2.23. The summed E-state index contributed by atoms with van der Waals surface area (Å²) >= 11 is 0. The average Bonchev–Trinajstić information content (AvgIpc) is 3.86. The third-order valence-corrected chi connectivity index (χ3v) is 9.54. The lowest BCUT2D eigenvalue weighted by atomic mass is 10.0. The fraction of sp³-hybridized carbons (Fsp3) is 0.302. The predicted molar refractivity (Wildman–Crippen MR) is 227 cm³/mol. The van der Waals surface area contributed by atoms with Gasteiger partial charge < -0.3 is 31.5 Å². The van der Waals surface area contributed by atoms with Crippen molar-refractivity contribution in [3.8, 4) is 41.0 Å². The maximum atomic E-state index is 14.4. The Balaban J connectivity index is 1.18. The van der Waals surface area contributed by atoms with E-state index in [0.29, 0.717) is 50.6 Å². The van der Waals surface area contributed by atoms with Gasteiger partial charge in [-0.25, -0.2) is 18.2 Å². The number of primary amides is 1. The van der Waals surface area contributed by atoms with Gasteiger partial charge in [-0.3, -0.25) is 19.6 Å². The summed E-state index contributed by atoms with van der Waals surface area (Å²) < 4.78 is 23.5. The number of anilines is 2. The summed E-state index contributed by atoms with van der Waals surface area (Å²) in [7, 11) is 0. The van der Waals surface area contributed by atoms with Gasteiger partial charge in [0.25, 0.3) is 5.91 Å². The van der Waals surface area contributed by atoms with Crippen LogP contribution >= 0.6 is 0 Å². The number of nitrogens with two attached hydrogens (primary N) is 1. The zero-order valence-electron chi connectivity index (χ0n) is 34.6. The highest BCUT2D eigenvalue weighted by Crippen LogP contribution is 2.29. The highest BCUT2D eigenvalue weighted by Gasteiger charge is 2.31. The summed E-state index contributed by atoms with van der Waals surface area (Å²) in [6.07, 6.45) is 3.88. The molecule has 0 aliphatic rings. The highest BCUT2D eigenvalue weighted by molar-refractivity contribution is 6.00. The standard InChI is InChI=1S/C43H42FN13O5/c1-24(15-45)54-33-14-35(37-9-7-28-11-26(16-46)18-52-56(28)37)50-21-31(33)41(60)62-42(3,4)23-48-17-27-12-29-8-10-36(57(29)53-19-27)34-13-32(55-25(2)39(47)58)30(20-49-34)40(59)51-22-38(44)43(5,6)61/h7-14,18-21,24-25,38,61H,22-23H2,1-6H3,(H4-,47,49,50,51,54,55,58,59,60)/p+1/t24-,25-,38-/m1/s1. The first-order valence-corrected chi connectivity index (χ1v) is 19.3. The summed E-state index contributed by atoms with van der Waals surface area (Å²) in [5, 5.41) is 46.0. The molecule has 0 spiro atoms. The maximum Gasteiger partial charge on any atom is 0.342 e. The Kier molecular flexibility index (Phi) is 12.5. The van der Waals surface area contributed by atoms with Gasteiger partial charge in [-0.15, -0.1) is 0 Å². The van der Waals surface area contributed by atoms with Crippen LogP contribution in [0.1, 0.15) is 73.4 Å². The van der Waals surface area contributed by atoms with Crippen LogP contribution in [0, 0.1) is 28.7 Å². The van der Waals surface area contributed by atoms with Gasteiger partial charge in [0.1, 0.15) is 35.5 Å². The summed E-state index contributed by atoms with van der Waals surface area (Å²) in [5.41, 5.74) is 7.63. The molecule has 0 radical (unpaired) electrons. The minimum Gasteiger partial charge on any atom is -0.448 e. The van der Waals surface area contributed by atoms with Crippen molar-refractivity contribution in [1.82, 2.24) is 34.5 Å². The fourth-order valence-electron chi connectivity index (χ4n) is 6.04. The quantitative estimate of drug-likeness (QED) is 0.0930. The molecule has 6 aromatic rings. The minimum absolute atomic E-state index is 0.0253. The van der Waals surface area contributed by atoms with E-state index in [9.17, 15) is 34.4 Å². The molecule has 6 aromatic heterocycles. The van der Waals surface area contributed by atoms with Gasteiger partial charge in [0, 0.05) is 12.4 Å². The number of ether oxygens (including phenoxy) is 1. The molecule has 0 aliphatic heterocycles. The fourth-order valence-corrected chi connectivity index (χ4v) is 6.04. The van der Waals surface area contributed by atoms with Gasteiger partial charge in [0.2, 0.25) is 5.91 Å². The Morgan fingerprint density at radius 1 is 0.871 bits per heavy atom. The van der Waals surface area contributed by atoms with E-state index in [0.717, 1.165) is 0 Å². The minimum atomic E-state index is -1.74. The molecule has 0 saturated heterocycles. The van der Waals surface area contributed by atoms with Gasteiger partial charge >= 0.3 is 18.6 Å². The van der Waals surface area contributed by atoms with Gasteiger partial charge in [-0.1, -0.05) is 4.85 Å². The second-order valence-electron chi connectivity index (χ2n) is 15.6. The van der Waals surface area contributed by atoms with Gasteiger partial charge in [0.05, 0.1) is 86.9 Å². The highest BCUT2D eigenvalue weighted by atomic mass is 19.1. The van der Waals surface area contributed by atoms with Crippen LogP contribution < -0.4 is 21.7 Å². The van der Waals surface area contributed by atoms with Crippen LogP contribution in [0.5, 0.6) is 0 Å². The molecule has 2 amide bonds. The molecule has 0 aliphatic carbocycles. The predicted octanol–water partition coefficient (Wildman–Crippen LogP) is 4.74. The SMILES string of the molecule is C[C@H](C#N)Nc1cc(-c2ccc3cc(C#N)cnn23)ncc1C(=O)OC(C)(C)C[N+]#Cc1cnn2c(-c3cc(N[C@H](C)C(N)=O)c(C(=O)NC[C@@H](F)C(C)(C)O)cn3)ccc2c1. The smallest absolute Gasteiger partial charge is 0.342 e. The summed E-state index contributed by atoms with van der Waals surface area (Å²) in [4.78, 5) is 51.9. The van der Waals surface area contributed by atoms with E-state index in [-0.39, 0.29) is 23.4 Å². The Bertz CT molecular complexity index is 2860. The number of carbonyl (C=O) groups is 3. The first-order valence-electron chi connectivity index (χ1n) is 19.3. The molecule has 62 heavy (non-hydrogen) atoms. The molecule has 316 valence electrons. The van der Waals surface area contributed by atoms with Crippen molar-refractivity contribution in [2.45, 2.75) is 71.0 Å². The molecule has 18 nitrogen and oxygen atoms in total. The second-order valence-corrected chi connectivity index (χ2v) is 15.6. The Hall–Kier alpha value is -7.95. The molecule has 0 saturated carbocycles. The van der Waals surface area contributed by atoms with E-state index < -0.39 is 53.8 Å². The largest absolute Gasteiger partial charge is 0.448 e. The number of amides is 2. The van der Waals surface area contributed by atoms with Crippen LogP contribution in [-0.4, -0.2) is 94.6 Å². The number of nitrogens with one attached hydrogen (secondary N) is 3. The Morgan fingerprint density at radius 3 is 2.00 bits per heavy atom. The third kappa shape index (κ3) is 9.90. The molecule has 0 aromatic carbocycles. The van der Waals surface area contributed by atoms with Gasteiger partial charge in [0.15, 0.2) is 5.60 Å². The number of nitriles is 2. The average molecular weight is 841 g/mol. The van der Waals surface area contributed by atoms with E-state index in [1.807, 2.05) is 0 Å². The van der Waals surface area contributed by atoms with Crippen LogP contribution in [0.3, 0.4) is 0 Å². The van der Waals surface area contributed by atoms with Gasteiger partial charge in [-0.05, 0) is 90.1 Å². The van der Waals surface area contributed by atoms with Gasteiger partial charge in [-0.2, -0.15) is 20.7 Å². The molecular weight excluding hydrogens is 798 g/mol. The zero-order valence-corrected chi connectivity index (χ0v) is 34.6. The molecule has 6 heterocycles. The number of alkyl halides is 1. The normalized spacial score (nSPS) is 12.9. The second kappa shape index (κ2) is 17.7. The van der Waals surface area contributed by atoms with Crippen molar-refractivity contribution in [2.24, 2.45) is 5.73 Å². The van der Waals surface area contributed by atoms with E-state index in [1.54, 1.807) is 78.3 Å². The monoisotopic (exact) mass is 840 g/mol. The van der Waals surface area contributed by atoms with Crippen molar-refractivity contribution in [3.63, 3.8) is 0 Å².